The number of aryl methyl sites for hydroxylation is 1. The van der Waals surface area contributed by atoms with Crippen LogP contribution in [0.1, 0.15) is 17.7 Å². The van der Waals surface area contributed by atoms with Crippen molar-refractivity contribution >= 4 is 11.7 Å². The highest BCUT2D eigenvalue weighted by molar-refractivity contribution is 5.87. The van der Waals surface area contributed by atoms with Crippen LogP contribution in [0, 0.1) is 12.3 Å². The molecule has 0 aliphatic carbocycles. The molecule has 120 valence electrons. The van der Waals surface area contributed by atoms with Gasteiger partial charge in [0.25, 0.3) is 0 Å². The lowest BCUT2D eigenvalue weighted by molar-refractivity contribution is -0.140. The van der Waals surface area contributed by atoms with Crippen LogP contribution in [-0.2, 0) is 11.0 Å². The fourth-order valence-electron chi connectivity index (χ4n) is 3.05. The van der Waals surface area contributed by atoms with E-state index in [1.54, 1.807) is 0 Å². The minimum absolute atomic E-state index is 0.0940. The van der Waals surface area contributed by atoms with Crippen molar-refractivity contribution in [2.45, 2.75) is 25.6 Å². The van der Waals surface area contributed by atoms with Gasteiger partial charge in [-0.25, -0.2) is 0 Å². The molecule has 0 bridgehead atoms. The Morgan fingerprint density at radius 1 is 1.41 bits per heavy atom. The maximum atomic E-state index is 13.1. The van der Waals surface area contributed by atoms with Crippen LogP contribution in [0.4, 0.5) is 19.0 Å². The number of carbonyl (C=O) groups excluding carboxylic acids is 1. The lowest BCUT2D eigenvalue weighted by atomic mass is 9.72. The van der Waals surface area contributed by atoms with Crippen LogP contribution in [0.3, 0.4) is 0 Å². The lowest BCUT2D eigenvalue weighted by Gasteiger charge is -2.52. The normalized spacial score (nSPS) is 24.1. The molecule has 0 saturated carbocycles. The number of aromatic nitrogens is 2. The fourth-order valence-corrected chi connectivity index (χ4v) is 3.05. The Kier molecular flexibility index (Phi) is 3.28. The van der Waals surface area contributed by atoms with Crippen molar-refractivity contribution in [3.63, 3.8) is 0 Å². The zero-order chi connectivity index (χ0) is 16.1. The van der Waals surface area contributed by atoms with Gasteiger partial charge >= 0.3 is 6.18 Å². The van der Waals surface area contributed by atoms with Gasteiger partial charge in [0.1, 0.15) is 5.56 Å². The lowest BCUT2D eigenvalue weighted by Crippen LogP contribution is -2.68. The smallest absolute Gasteiger partial charge is 0.391 e. The summed E-state index contributed by atoms with van der Waals surface area (Å²) in [6.45, 7) is 1.81. The van der Waals surface area contributed by atoms with Gasteiger partial charge in [0.15, 0.2) is 5.82 Å². The van der Waals surface area contributed by atoms with Gasteiger partial charge in [0.05, 0.1) is 17.2 Å². The largest absolute Gasteiger partial charge is 0.420 e. The number of anilines is 1. The van der Waals surface area contributed by atoms with Gasteiger partial charge in [-0.2, -0.15) is 18.3 Å². The standard InChI is InChI=1S/C13H15F3N4O2/c1-7-2-9(13(14,15)16)10(19-18-7)20-5-12(6-20)3-8(21)4-17-11(12)22/h2,8,21H,3-6H2,1H3,(H,17,22). The number of halogens is 3. The second-order valence-electron chi connectivity index (χ2n) is 5.93. The quantitative estimate of drug-likeness (QED) is 0.788. The monoisotopic (exact) mass is 316 g/mol. The summed E-state index contributed by atoms with van der Waals surface area (Å²) < 4.78 is 39.3. The first-order chi connectivity index (χ1) is 10.2. The molecule has 3 heterocycles. The number of amides is 1. The first-order valence-corrected chi connectivity index (χ1v) is 6.84. The average Bonchev–Trinajstić information content (AvgIpc) is 2.38. The molecule has 0 aromatic carbocycles. The number of alkyl halides is 3. The summed E-state index contributed by atoms with van der Waals surface area (Å²) in [7, 11) is 0. The third kappa shape index (κ3) is 2.39. The molecule has 1 aromatic rings. The highest BCUT2D eigenvalue weighted by Gasteiger charge is 2.54. The molecule has 6 nitrogen and oxygen atoms in total. The van der Waals surface area contributed by atoms with Crippen LogP contribution in [0.25, 0.3) is 0 Å². The van der Waals surface area contributed by atoms with Crippen molar-refractivity contribution in [2.75, 3.05) is 24.5 Å². The molecule has 0 radical (unpaired) electrons. The Morgan fingerprint density at radius 2 is 2.09 bits per heavy atom. The summed E-state index contributed by atoms with van der Waals surface area (Å²) in [4.78, 5) is 13.3. The van der Waals surface area contributed by atoms with E-state index in [1.165, 1.54) is 11.8 Å². The van der Waals surface area contributed by atoms with Gasteiger partial charge in [0.2, 0.25) is 5.91 Å². The van der Waals surface area contributed by atoms with Crippen molar-refractivity contribution < 1.29 is 23.1 Å². The first kappa shape index (κ1) is 15.0. The number of hydrogen-bond acceptors (Lipinski definition) is 5. The second-order valence-corrected chi connectivity index (χ2v) is 5.93. The highest BCUT2D eigenvalue weighted by atomic mass is 19.4. The highest BCUT2D eigenvalue weighted by Crippen LogP contribution is 2.43. The third-order valence-corrected chi connectivity index (χ3v) is 4.09. The maximum absolute atomic E-state index is 13.1. The van der Waals surface area contributed by atoms with Crippen molar-refractivity contribution in [3.8, 4) is 0 Å². The predicted molar refractivity (Wildman–Crippen MR) is 70.1 cm³/mol. The molecular weight excluding hydrogens is 301 g/mol. The van der Waals surface area contributed by atoms with Gasteiger partial charge < -0.3 is 15.3 Å². The van der Waals surface area contributed by atoms with Crippen LogP contribution in [-0.4, -0.2) is 46.9 Å². The molecule has 1 aromatic heterocycles. The van der Waals surface area contributed by atoms with Crippen LogP contribution >= 0.6 is 0 Å². The molecule has 1 atom stereocenters. The van der Waals surface area contributed by atoms with E-state index in [2.05, 4.69) is 15.5 Å². The SMILES string of the molecule is Cc1cc(C(F)(F)F)c(N2CC3(CC(O)CNC3=O)C2)nn1. The van der Waals surface area contributed by atoms with Crippen molar-refractivity contribution in [1.82, 2.24) is 15.5 Å². The van der Waals surface area contributed by atoms with Gasteiger partial charge in [-0.05, 0) is 19.4 Å². The zero-order valence-electron chi connectivity index (χ0n) is 11.8. The topological polar surface area (TPSA) is 78.4 Å². The third-order valence-electron chi connectivity index (χ3n) is 4.09. The number of hydrogen-bond donors (Lipinski definition) is 2. The number of rotatable bonds is 1. The van der Waals surface area contributed by atoms with Crippen LogP contribution in [0.15, 0.2) is 6.07 Å². The number of carbonyl (C=O) groups is 1. The van der Waals surface area contributed by atoms with E-state index in [-0.39, 0.29) is 43.5 Å². The molecule has 2 N–H and O–H groups in total. The molecule has 2 fully saturated rings. The minimum atomic E-state index is -4.53. The molecule has 22 heavy (non-hydrogen) atoms. The molecule has 3 rings (SSSR count). The van der Waals surface area contributed by atoms with E-state index in [9.17, 15) is 23.1 Å². The fraction of sp³-hybridized carbons (Fsp3) is 0.615. The Balaban J connectivity index is 1.85. The molecule has 9 heteroatoms. The molecule has 1 amide bonds. The summed E-state index contributed by atoms with van der Waals surface area (Å²) in [6, 6.07) is 0.948. The minimum Gasteiger partial charge on any atom is -0.391 e. The van der Waals surface area contributed by atoms with Crippen molar-refractivity contribution in [1.29, 1.82) is 0 Å². The van der Waals surface area contributed by atoms with Gasteiger partial charge in [-0.1, -0.05) is 0 Å². The molecule has 2 aliphatic rings. The summed E-state index contributed by atoms with van der Waals surface area (Å²) in [6.07, 6.45) is -4.96. The number of β-amino-alcohol motifs (C(OH)–C–C–N with tert-alkyl or cyclic N) is 1. The Hall–Kier alpha value is -1.90. The van der Waals surface area contributed by atoms with Crippen molar-refractivity contribution in [2.24, 2.45) is 5.41 Å². The van der Waals surface area contributed by atoms with E-state index in [0.717, 1.165) is 6.07 Å². The van der Waals surface area contributed by atoms with E-state index in [0.29, 0.717) is 0 Å². The Morgan fingerprint density at radius 3 is 2.73 bits per heavy atom. The number of piperidine rings is 1. The van der Waals surface area contributed by atoms with Gasteiger partial charge in [0, 0.05) is 19.6 Å². The zero-order valence-corrected chi connectivity index (χ0v) is 11.8. The van der Waals surface area contributed by atoms with Crippen LogP contribution in [0.2, 0.25) is 0 Å². The van der Waals surface area contributed by atoms with Crippen LogP contribution in [0.5, 0.6) is 0 Å². The maximum Gasteiger partial charge on any atom is 0.420 e. The Labute approximate surface area is 124 Å². The van der Waals surface area contributed by atoms with Crippen molar-refractivity contribution in [3.05, 3.63) is 17.3 Å². The Bertz CT molecular complexity index is 614. The van der Waals surface area contributed by atoms with Gasteiger partial charge in [-0.15, -0.1) is 5.10 Å². The average molecular weight is 316 g/mol. The molecule has 2 aliphatic heterocycles. The molecule has 1 spiro atoms. The summed E-state index contributed by atoms with van der Waals surface area (Å²) in [5, 5.41) is 19.6. The number of nitrogens with one attached hydrogen (secondary N) is 1. The number of aliphatic hydroxyl groups excluding tert-OH is 1. The van der Waals surface area contributed by atoms with E-state index >= 15 is 0 Å². The molecule has 1 unspecified atom stereocenters. The summed E-state index contributed by atoms with van der Waals surface area (Å²) in [5.74, 6) is -0.501. The predicted octanol–water partition coefficient (Wildman–Crippen LogP) is 0.491. The van der Waals surface area contributed by atoms with Gasteiger partial charge in [-0.3, -0.25) is 4.79 Å². The van der Waals surface area contributed by atoms with E-state index in [1.807, 2.05) is 0 Å². The number of aliphatic hydroxyl groups is 1. The van der Waals surface area contributed by atoms with E-state index < -0.39 is 23.3 Å². The molecular formula is C13H15F3N4O2. The van der Waals surface area contributed by atoms with E-state index in [4.69, 9.17) is 0 Å². The summed E-state index contributed by atoms with van der Waals surface area (Å²) >= 11 is 0. The summed E-state index contributed by atoms with van der Waals surface area (Å²) in [5.41, 5.74) is -1.52. The van der Waals surface area contributed by atoms with Crippen LogP contribution < -0.4 is 10.2 Å². The second kappa shape index (κ2) is 4.80. The molecule has 2 saturated heterocycles. The first-order valence-electron chi connectivity index (χ1n) is 6.84. The number of nitrogens with zero attached hydrogens (tertiary/aromatic N) is 3.